The minimum absolute atomic E-state index is 0.0141. The van der Waals surface area contributed by atoms with Crippen molar-refractivity contribution in [3.63, 3.8) is 0 Å². The summed E-state index contributed by atoms with van der Waals surface area (Å²) in [6, 6.07) is 0. The summed E-state index contributed by atoms with van der Waals surface area (Å²) in [6.45, 7) is 15.3. The highest BCUT2D eigenvalue weighted by atomic mass is 16.5. The van der Waals surface area contributed by atoms with E-state index >= 15 is 0 Å². The average molecular weight is 725 g/mol. The number of carboxylic acid groups (broad SMARTS) is 1. The lowest BCUT2D eigenvalue weighted by atomic mass is 9.34. The summed E-state index contributed by atoms with van der Waals surface area (Å²) >= 11 is 0. The molecule has 5 heteroatoms. The quantitative estimate of drug-likeness (QED) is 0.0742. The van der Waals surface area contributed by atoms with Gasteiger partial charge >= 0.3 is 5.97 Å². The Hall–Kier alpha value is -1.20. The van der Waals surface area contributed by atoms with Crippen LogP contribution < -0.4 is 0 Å². The number of rotatable bonds is 20. The van der Waals surface area contributed by atoms with Crippen molar-refractivity contribution in [1.29, 1.82) is 0 Å². The summed E-state index contributed by atoms with van der Waals surface area (Å²) in [6.07, 6.45) is 32.7. The van der Waals surface area contributed by atoms with Crippen molar-refractivity contribution in [2.24, 2.45) is 50.7 Å². The first-order valence-corrected chi connectivity index (χ1v) is 22.4. The van der Waals surface area contributed by atoms with E-state index in [0.717, 1.165) is 64.3 Å². The number of carbonyl (C=O) groups excluding carboxylic acids is 1. The monoisotopic (exact) mass is 725 g/mol. The topological polar surface area (TPSA) is 83.8 Å². The van der Waals surface area contributed by atoms with Crippen molar-refractivity contribution in [1.82, 2.24) is 0 Å². The van der Waals surface area contributed by atoms with Crippen molar-refractivity contribution in [2.45, 2.75) is 214 Å². The second-order valence-corrected chi connectivity index (χ2v) is 20.3. The molecule has 298 valence electrons. The van der Waals surface area contributed by atoms with E-state index in [1.54, 1.807) is 5.57 Å². The number of unbranched alkanes of at least 4 members (excludes halogenated alkanes) is 15. The zero-order valence-corrected chi connectivity index (χ0v) is 34.6. The summed E-state index contributed by atoms with van der Waals surface area (Å²) in [5, 5.41) is 21.4. The van der Waals surface area contributed by atoms with Crippen LogP contribution >= 0.6 is 0 Å². The molecule has 0 amide bonds. The van der Waals surface area contributed by atoms with Crippen LogP contribution in [-0.4, -0.2) is 41.3 Å². The maximum Gasteiger partial charge on any atom is 0.309 e. The van der Waals surface area contributed by atoms with Crippen molar-refractivity contribution in [2.75, 3.05) is 6.61 Å². The number of carbonyl (C=O) groups is 2. The van der Waals surface area contributed by atoms with Gasteiger partial charge in [0.1, 0.15) is 6.29 Å². The van der Waals surface area contributed by atoms with E-state index in [0.29, 0.717) is 24.2 Å². The first kappa shape index (κ1) is 42.0. The molecule has 5 rings (SSSR count). The van der Waals surface area contributed by atoms with Crippen molar-refractivity contribution in [3.05, 3.63) is 11.6 Å². The van der Waals surface area contributed by atoms with E-state index in [-0.39, 0.29) is 39.8 Å². The number of hydrogen-bond acceptors (Lipinski definition) is 4. The van der Waals surface area contributed by atoms with Crippen LogP contribution in [0.25, 0.3) is 0 Å². The maximum atomic E-state index is 12.9. The number of aldehydes is 1. The van der Waals surface area contributed by atoms with Crippen LogP contribution in [-0.2, 0) is 14.3 Å². The highest BCUT2D eigenvalue weighted by molar-refractivity contribution is 5.74. The predicted molar refractivity (Wildman–Crippen MR) is 213 cm³/mol. The zero-order valence-electron chi connectivity index (χ0n) is 34.6. The van der Waals surface area contributed by atoms with Gasteiger partial charge in [-0.3, -0.25) is 4.79 Å². The van der Waals surface area contributed by atoms with E-state index in [9.17, 15) is 19.8 Å². The molecule has 5 aliphatic rings. The van der Waals surface area contributed by atoms with E-state index in [1.807, 2.05) is 6.92 Å². The van der Waals surface area contributed by atoms with Crippen LogP contribution in [0.2, 0.25) is 0 Å². The van der Waals surface area contributed by atoms with Crippen LogP contribution in [0.4, 0.5) is 0 Å². The summed E-state index contributed by atoms with van der Waals surface area (Å²) < 4.78 is 6.85. The van der Waals surface area contributed by atoms with Gasteiger partial charge in [-0.1, -0.05) is 130 Å². The summed E-state index contributed by atoms with van der Waals surface area (Å²) in [4.78, 5) is 23.3. The molecule has 2 N–H and O–H groups in total. The Morgan fingerprint density at radius 2 is 1.35 bits per heavy atom. The molecular weight excluding hydrogens is 645 g/mol. The third-order valence-corrected chi connectivity index (χ3v) is 17.2. The number of aliphatic hydroxyl groups excluding tert-OH is 1. The average Bonchev–Trinajstić information content (AvgIpc) is 3.10. The van der Waals surface area contributed by atoms with Crippen molar-refractivity contribution < 1.29 is 24.5 Å². The first-order valence-electron chi connectivity index (χ1n) is 22.4. The second kappa shape index (κ2) is 17.7. The van der Waals surface area contributed by atoms with Crippen LogP contribution in [0.5, 0.6) is 0 Å². The van der Waals surface area contributed by atoms with Crippen molar-refractivity contribution in [3.8, 4) is 0 Å². The Labute approximate surface area is 319 Å². The molecule has 0 aromatic carbocycles. The first-order chi connectivity index (χ1) is 24.8. The molecule has 0 aromatic heterocycles. The van der Waals surface area contributed by atoms with E-state index in [1.165, 1.54) is 103 Å². The fourth-order valence-corrected chi connectivity index (χ4v) is 13.3. The molecule has 0 bridgehead atoms. The van der Waals surface area contributed by atoms with Gasteiger partial charge in [0, 0.05) is 18.4 Å². The van der Waals surface area contributed by atoms with Gasteiger partial charge in [-0.05, 0) is 117 Å². The molecule has 0 radical (unpaired) electrons. The van der Waals surface area contributed by atoms with Crippen LogP contribution in [0.15, 0.2) is 11.6 Å². The molecule has 0 spiro atoms. The standard InChI is InChI=1S/C47H80O5/c1-35-36-25-28-47(6)40(44(36,3)27-26-39(35)49)24-23-37-38-33-43(2,42(50)51)34-41(45(38,4)29-30-46(37,47)5)52-32-22-20-18-16-14-12-10-8-7-9-11-13-15-17-19-21-31-48/h23,31,35-36,38-41,49H,7-22,24-30,32-34H2,1-6H3,(H,50,51)/t35-,36?,38+,39+,40+,41-,43?,44-,45+,46+,47+/m0/s1. The maximum absolute atomic E-state index is 12.9. The molecule has 4 saturated carbocycles. The summed E-state index contributed by atoms with van der Waals surface area (Å²) in [5.74, 6) is 1.17. The lowest BCUT2D eigenvalue weighted by Crippen LogP contribution is -2.64. The number of aliphatic carboxylic acids is 1. The number of allylic oxidation sites excluding steroid dienone is 2. The normalized spacial score (nSPS) is 41.2. The van der Waals surface area contributed by atoms with Crippen LogP contribution in [0, 0.1) is 50.7 Å². The SMILES string of the molecule is C[C@H]1C2CC[C@]3(C)[C@H](CC=C4[C@H]5CC(C)(C(=O)O)C[C@H](OCCCCCCCCCCCCCCCCCC=O)[C@]5(C)CC[C@]43C)[C@@]2(C)CC[C@H]1O. The number of aliphatic hydroxyl groups is 1. The summed E-state index contributed by atoms with van der Waals surface area (Å²) in [5.41, 5.74) is 1.32. The second-order valence-electron chi connectivity index (χ2n) is 20.3. The molecule has 52 heavy (non-hydrogen) atoms. The molecule has 11 atom stereocenters. The van der Waals surface area contributed by atoms with Gasteiger partial charge in [0.15, 0.2) is 0 Å². The molecule has 5 nitrogen and oxygen atoms in total. The highest BCUT2D eigenvalue weighted by Crippen LogP contribution is 2.75. The molecule has 2 unspecified atom stereocenters. The number of ether oxygens (including phenoxy) is 1. The minimum Gasteiger partial charge on any atom is -0.481 e. The number of fused-ring (bicyclic) bond motifs is 7. The smallest absolute Gasteiger partial charge is 0.309 e. The Morgan fingerprint density at radius 3 is 1.92 bits per heavy atom. The van der Waals surface area contributed by atoms with Gasteiger partial charge in [-0.15, -0.1) is 0 Å². The lowest BCUT2D eigenvalue weighted by molar-refractivity contribution is -0.197. The molecule has 0 aromatic rings. The number of hydrogen-bond donors (Lipinski definition) is 2. The van der Waals surface area contributed by atoms with Crippen LogP contribution in [0.3, 0.4) is 0 Å². The lowest BCUT2D eigenvalue weighted by Gasteiger charge is -2.70. The molecule has 4 fully saturated rings. The number of carboxylic acids is 1. The van der Waals surface area contributed by atoms with E-state index in [2.05, 4.69) is 40.7 Å². The molecule has 0 heterocycles. The fourth-order valence-electron chi connectivity index (χ4n) is 13.3. The molecule has 5 aliphatic carbocycles. The summed E-state index contributed by atoms with van der Waals surface area (Å²) in [7, 11) is 0. The Bertz CT molecular complexity index is 1210. The molecule has 0 saturated heterocycles. The zero-order chi connectivity index (χ0) is 37.6. The van der Waals surface area contributed by atoms with Gasteiger partial charge in [0.05, 0.1) is 17.6 Å². The van der Waals surface area contributed by atoms with Gasteiger partial charge in [0.2, 0.25) is 0 Å². The Balaban J connectivity index is 1.10. The largest absolute Gasteiger partial charge is 0.481 e. The van der Waals surface area contributed by atoms with E-state index in [4.69, 9.17) is 4.74 Å². The predicted octanol–water partition coefficient (Wildman–Crippen LogP) is 12.3. The Morgan fingerprint density at radius 1 is 0.769 bits per heavy atom. The van der Waals surface area contributed by atoms with Crippen LogP contribution in [0.1, 0.15) is 202 Å². The van der Waals surface area contributed by atoms with Gasteiger partial charge in [-0.2, -0.15) is 0 Å². The van der Waals surface area contributed by atoms with Gasteiger partial charge in [0.25, 0.3) is 0 Å². The van der Waals surface area contributed by atoms with Gasteiger partial charge < -0.3 is 19.7 Å². The fraction of sp³-hybridized carbons (Fsp3) is 0.915. The molecule has 0 aliphatic heterocycles. The molecular formula is C47H80O5. The van der Waals surface area contributed by atoms with Crippen molar-refractivity contribution >= 4 is 12.3 Å². The minimum atomic E-state index is -0.762. The highest BCUT2D eigenvalue weighted by Gasteiger charge is 2.68. The van der Waals surface area contributed by atoms with Gasteiger partial charge in [-0.25, -0.2) is 0 Å². The Kier molecular flexibility index (Phi) is 14.3. The third kappa shape index (κ3) is 8.31. The third-order valence-electron chi connectivity index (χ3n) is 17.2. The van der Waals surface area contributed by atoms with E-state index < -0.39 is 11.4 Å².